The van der Waals surface area contributed by atoms with E-state index in [2.05, 4.69) is 61.1 Å². The molecule has 4 aromatic rings. The van der Waals surface area contributed by atoms with Gasteiger partial charge in [0.2, 0.25) is 0 Å². The van der Waals surface area contributed by atoms with Crippen molar-refractivity contribution < 1.29 is 0 Å². The fourth-order valence-electron chi connectivity index (χ4n) is 4.14. The molecule has 9 heteroatoms. The van der Waals surface area contributed by atoms with E-state index >= 15 is 0 Å². The molecule has 160 valence electrons. The van der Waals surface area contributed by atoms with Crippen LogP contribution in [0.4, 0.5) is 11.5 Å². The van der Waals surface area contributed by atoms with Gasteiger partial charge >= 0.3 is 0 Å². The van der Waals surface area contributed by atoms with Crippen molar-refractivity contribution in [2.24, 2.45) is 0 Å². The maximum Gasteiger partial charge on any atom is 0.158 e. The van der Waals surface area contributed by atoms with E-state index in [4.69, 9.17) is 0 Å². The topological polar surface area (TPSA) is 83.3 Å². The number of fused-ring (bicyclic) bond motifs is 1. The lowest BCUT2D eigenvalue weighted by atomic mass is 10.0. The first-order valence-electron chi connectivity index (χ1n) is 10.6. The summed E-state index contributed by atoms with van der Waals surface area (Å²) in [5, 5.41) is 21.6. The van der Waals surface area contributed by atoms with E-state index in [0.29, 0.717) is 6.04 Å². The fraction of sp³-hybridized carbons (Fsp3) is 0.364. The molecule has 0 spiro atoms. The second kappa shape index (κ2) is 8.70. The highest BCUT2D eigenvalue weighted by molar-refractivity contribution is 7.14. The molecular formula is C22H26N8S. The molecule has 1 aromatic carbocycles. The molecule has 8 nitrogen and oxygen atoms in total. The monoisotopic (exact) mass is 434 g/mol. The van der Waals surface area contributed by atoms with Crippen LogP contribution in [0.25, 0.3) is 16.1 Å². The SMILES string of the molecule is CNC1CCN(Cc2ccn3ncnc(Nc4cccc(-c5nnc(C)s5)c4)c23)CC1. The summed E-state index contributed by atoms with van der Waals surface area (Å²) in [5.74, 6) is 0.811. The van der Waals surface area contributed by atoms with Crippen LogP contribution in [0.1, 0.15) is 23.4 Å². The Hall–Kier alpha value is -2.88. The van der Waals surface area contributed by atoms with Gasteiger partial charge in [-0.1, -0.05) is 23.5 Å². The van der Waals surface area contributed by atoms with Crippen LogP contribution < -0.4 is 10.6 Å². The van der Waals surface area contributed by atoms with Crippen LogP contribution in [0, 0.1) is 6.92 Å². The second-order valence-corrected chi connectivity index (χ2v) is 9.10. The van der Waals surface area contributed by atoms with Crippen LogP contribution in [0.15, 0.2) is 42.9 Å². The number of hydrogen-bond acceptors (Lipinski definition) is 8. The molecule has 1 aliphatic rings. The molecule has 0 saturated carbocycles. The van der Waals surface area contributed by atoms with Crippen LogP contribution in [0.5, 0.6) is 0 Å². The Balaban J connectivity index is 1.40. The number of likely N-dealkylation sites (tertiary alicyclic amines) is 1. The van der Waals surface area contributed by atoms with Gasteiger partial charge in [0.15, 0.2) is 5.82 Å². The second-order valence-electron chi connectivity index (χ2n) is 7.91. The Morgan fingerprint density at radius 2 is 2.03 bits per heavy atom. The molecule has 2 N–H and O–H groups in total. The van der Waals surface area contributed by atoms with Crippen LogP contribution in [0.3, 0.4) is 0 Å². The zero-order valence-corrected chi connectivity index (χ0v) is 18.6. The smallest absolute Gasteiger partial charge is 0.158 e. The predicted octanol–water partition coefficient (Wildman–Crippen LogP) is 3.48. The average molecular weight is 435 g/mol. The first-order valence-corrected chi connectivity index (χ1v) is 11.4. The summed E-state index contributed by atoms with van der Waals surface area (Å²) in [4.78, 5) is 7.08. The van der Waals surface area contributed by atoms with Crippen LogP contribution in [0.2, 0.25) is 0 Å². The summed E-state index contributed by atoms with van der Waals surface area (Å²) in [6.07, 6.45) is 5.97. The summed E-state index contributed by atoms with van der Waals surface area (Å²) in [6, 6.07) is 11.0. The van der Waals surface area contributed by atoms with Gasteiger partial charge in [0.05, 0.1) is 0 Å². The van der Waals surface area contributed by atoms with E-state index in [9.17, 15) is 0 Å². The van der Waals surface area contributed by atoms with Gasteiger partial charge in [0, 0.05) is 30.0 Å². The van der Waals surface area contributed by atoms with Gasteiger partial charge in [-0.3, -0.25) is 4.90 Å². The standard InChI is InChI=1S/C22H26N8S/c1-15-27-28-22(31-15)16-4-3-5-19(12-16)26-21-20-17(6-11-30(20)25-14-24-21)13-29-9-7-18(23-2)8-10-29/h3-6,11-12,14,18,23H,7-10,13H2,1-2H3,(H,24,25,26). The van der Waals surface area contributed by atoms with Crippen molar-refractivity contribution in [3.8, 4) is 10.6 Å². The molecule has 4 heterocycles. The molecule has 3 aromatic heterocycles. The highest BCUT2D eigenvalue weighted by Gasteiger charge is 2.20. The zero-order chi connectivity index (χ0) is 21.2. The Morgan fingerprint density at radius 1 is 1.16 bits per heavy atom. The number of benzene rings is 1. The lowest BCUT2D eigenvalue weighted by Gasteiger charge is -2.31. The third-order valence-corrected chi connectivity index (χ3v) is 6.71. The van der Waals surface area contributed by atoms with E-state index in [1.807, 2.05) is 29.8 Å². The van der Waals surface area contributed by atoms with Crippen molar-refractivity contribution in [1.82, 2.24) is 35.0 Å². The van der Waals surface area contributed by atoms with Crippen LogP contribution in [-0.4, -0.2) is 55.9 Å². The van der Waals surface area contributed by atoms with Crippen molar-refractivity contribution in [1.29, 1.82) is 0 Å². The van der Waals surface area contributed by atoms with Crippen molar-refractivity contribution in [2.75, 3.05) is 25.5 Å². The Labute approximate surface area is 185 Å². The van der Waals surface area contributed by atoms with E-state index in [1.165, 1.54) is 18.4 Å². The summed E-state index contributed by atoms with van der Waals surface area (Å²) >= 11 is 1.59. The third-order valence-electron chi connectivity index (χ3n) is 5.83. The molecule has 1 saturated heterocycles. The van der Waals surface area contributed by atoms with Gasteiger partial charge in [-0.25, -0.2) is 9.50 Å². The Kier molecular flexibility index (Phi) is 5.63. The van der Waals surface area contributed by atoms with Crippen LogP contribution >= 0.6 is 11.3 Å². The van der Waals surface area contributed by atoms with E-state index in [0.717, 1.165) is 52.2 Å². The van der Waals surface area contributed by atoms with Gasteiger partial charge in [-0.15, -0.1) is 10.2 Å². The molecule has 0 aliphatic carbocycles. The predicted molar refractivity (Wildman–Crippen MR) is 124 cm³/mol. The summed E-state index contributed by atoms with van der Waals surface area (Å²) in [7, 11) is 2.05. The highest BCUT2D eigenvalue weighted by atomic mass is 32.1. The van der Waals surface area contributed by atoms with Gasteiger partial charge in [0.25, 0.3) is 0 Å². The summed E-state index contributed by atoms with van der Waals surface area (Å²) < 4.78 is 1.91. The minimum absolute atomic E-state index is 0.631. The van der Waals surface area contributed by atoms with Crippen LogP contribution in [-0.2, 0) is 6.54 Å². The molecule has 0 amide bonds. The molecule has 0 atom stereocenters. The number of nitrogens with zero attached hydrogens (tertiary/aromatic N) is 6. The first-order chi connectivity index (χ1) is 15.2. The molecule has 31 heavy (non-hydrogen) atoms. The zero-order valence-electron chi connectivity index (χ0n) is 17.7. The molecule has 0 radical (unpaired) electrons. The fourth-order valence-corrected chi connectivity index (χ4v) is 4.83. The molecule has 0 bridgehead atoms. The van der Waals surface area contributed by atoms with E-state index in [-0.39, 0.29) is 0 Å². The average Bonchev–Trinajstić information content (AvgIpc) is 3.42. The number of anilines is 2. The molecular weight excluding hydrogens is 408 g/mol. The Bertz CT molecular complexity index is 1180. The lowest BCUT2D eigenvalue weighted by Crippen LogP contribution is -2.40. The number of nitrogens with one attached hydrogen (secondary N) is 2. The van der Waals surface area contributed by atoms with Crippen molar-refractivity contribution in [2.45, 2.75) is 32.4 Å². The van der Waals surface area contributed by atoms with Crippen molar-refractivity contribution in [3.05, 3.63) is 53.4 Å². The molecule has 0 unspecified atom stereocenters. The lowest BCUT2D eigenvalue weighted by molar-refractivity contribution is 0.195. The van der Waals surface area contributed by atoms with Gasteiger partial charge < -0.3 is 10.6 Å². The molecule has 1 fully saturated rings. The largest absolute Gasteiger partial charge is 0.338 e. The number of aromatic nitrogens is 5. The summed E-state index contributed by atoms with van der Waals surface area (Å²) in [6.45, 7) is 5.07. The minimum Gasteiger partial charge on any atom is -0.338 e. The van der Waals surface area contributed by atoms with Crippen molar-refractivity contribution in [3.63, 3.8) is 0 Å². The number of hydrogen-bond donors (Lipinski definition) is 2. The maximum atomic E-state index is 4.56. The normalized spacial score (nSPS) is 15.5. The van der Waals surface area contributed by atoms with E-state index in [1.54, 1.807) is 17.7 Å². The maximum absolute atomic E-state index is 4.56. The molecule has 5 rings (SSSR count). The van der Waals surface area contributed by atoms with Gasteiger partial charge in [-0.2, -0.15) is 5.10 Å². The first kappa shape index (κ1) is 20.0. The van der Waals surface area contributed by atoms with Gasteiger partial charge in [0.1, 0.15) is 21.9 Å². The summed E-state index contributed by atoms with van der Waals surface area (Å²) in [5.41, 5.74) is 4.27. The minimum atomic E-state index is 0.631. The number of piperidine rings is 1. The Morgan fingerprint density at radius 3 is 2.81 bits per heavy atom. The highest BCUT2D eigenvalue weighted by Crippen LogP contribution is 2.29. The molecule has 1 aliphatic heterocycles. The van der Waals surface area contributed by atoms with E-state index < -0.39 is 0 Å². The third kappa shape index (κ3) is 4.30. The quantitative estimate of drug-likeness (QED) is 0.481. The number of aryl methyl sites for hydroxylation is 1. The van der Waals surface area contributed by atoms with Gasteiger partial charge in [-0.05, 0) is 63.7 Å². The number of rotatable bonds is 6. The van der Waals surface area contributed by atoms with Crippen molar-refractivity contribution >= 4 is 28.4 Å².